The van der Waals surface area contributed by atoms with E-state index in [-0.39, 0.29) is 23.0 Å². The van der Waals surface area contributed by atoms with Gasteiger partial charge in [-0.25, -0.2) is 8.42 Å². The van der Waals surface area contributed by atoms with E-state index in [1.807, 2.05) is 26.8 Å². The second kappa shape index (κ2) is 7.93. The Bertz CT molecular complexity index is 960. The number of anilines is 1. The number of nitrogens with one attached hydrogen (secondary N) is 1. The number of morpholine rings is 1. The lowest BCUT2D eigenvalue weighted by atomic mass is 10.1. The predicted molar refractivity (Wildman–Crippen MR) is 109 cm³/mol. The highest BCUT2D eigenvalue weighted by Crippen LogP contribution is 2.22. The van der Waals surface area contributed by atoms with E-state index in [9.17, 15) is 13.2 Å². The van der Waals surface area contributed by atoms with E-state index in [0.717, 1.165) is 5.56 Å². The third-order valence-corrected chi connectivity index (χ3v) is 6.25. The summed E-state index contributed by atoms with van der Waals surface area (Å²) in [6, 6.07) is 11.8. The fourth-order valence-corrected chi connectivity index (χ4v) is 4.80. The van der Waals surface area contributed by atoms with Crippen molar-refractivity contribution in [3.8, 4) is 0 Å². The zero-order valence-electron chi connectivity index (χ0n) is 16.6. The van der Waals surface area contributed by atoms with Gasteiger partial charge >= 0.3 is 0 Å². The second-order valence-electron chi connectivity index (χ2n) is 7.42. The highest BCUT2D eigenvalue weighted by atomic mass is 32.2. The number of carbonyl (C=O) groups excluding carboxylic acids is 1. The van der Waals surface area contributed by atoms with Crippen LogP contribution in [0.1, 0.15) is 35.3 Å². The van der Waals surface area contributed by atoms with E-state index in [4.69, 9.17) is 4.74 Å². The standard InChI is InChI=1S/C21H26N2O4S/c1-14-5-6-15(2)20(11-14)28(25,26)22-19-9-7-18(8-10-19)21(24)23-12-16(3)27-17(4)13-23/h5-11,16-17,22H,12-13H2,1-4H3/t16-,17+. The summed E-state index contributed by atoms with van der Waals surface area (Å²) in [7, 11) is -3.70. The Morgan fingerprint density at radius 3 is 2.25 bits per heavy atom. The molecule has 1 aliphatic heterocycles. The predicted octanol–water partition coefficient (Wildman–Crippen LogP) is 3.35. The van der Waals surface area contributed by atoms with Crippen molar-refractivity contribution in [1.82, 2.24) is 4.90 Å². The van der Waals surface area contributed by atoms with Crippen molar-refractivity contribution in [3.05, 3.63) is 59.2 Å². The molecule has 0 saturated carbocycles. The van der Waals surface area contributed by atoms with Gasteiger partial charge in [-0.3, -0.25) is 9.52 Å². The lowest BCUT2D eigenvalue weighted by Gasteiger charge is -2.35. The molecule has 2 aromatic carbocycles. The van der Waals surface area contributed by atoms with Gasteiger partial charge in [0, 0.05) is 24.3 Å². The molecule has 150 valence electrons. The Hall–Kier alpha value is -2.38. The third-order valence-electron chi connectivity index (χ3n) is 4.72. The molecule has 28 heavy (non-hydrogen) atoms. The molecule has 6 nitrogen and oxygen atoms in total. The minimum atomic E-state index is -3.70. The van der Waals surface area contributed by atoms with Crippen LogP contribution in [0.25, 0.3) is 0 Å². The molecular formula is C21H26N2O4S. The molecule has 1 saturated heterocycles. The molecule has 0 bridgehead atoms. The van der Waals surface area contributed by atoms with Crippen LogP contribution in [0.4, 0.5) is 5.69 Å². The number of carbonyl (C=O) groups is 1. The van der Waals surface area contributed by atoms with Gasteiger partial charge in [0.1, 0.15) is 0 Å². The first-order chi connectivity index (χ1) is 13.2. The summed E-state index contributed by atoms with van der Waals surface area (Å²) in [5, 5.41) is 0. The number of hydrogen-bond acceptors (Lipinski definition) is 4. The Labute approximate surface area is 166 Å². The summed E-state index contributed by atoms with van der Waals surface area (Å²) >= 11 is 0. The summed E-state index contributed by atoms with van der Waals surface area (Å²) in [4.78, 5) is 14.7. The highest BCUT2D eigenvalue weighted by molar-refractivity contribution is 7.92. The van der Waals surface area contributed by atoms with Gasteiger partial charge in [-0.15, -0.1) is 0 Å². The lowest BCUT2D eigenvalue weighted by Crippen LogP contribution is -2.48. The SMILES string of the molecule is Cc1ccc(C)c(S(=O)(=O)Nc2ccc(C(=O)N3C[C@@H](C)O[C@@H](C)C3)cc2)c1. The van der Waals surface area contributed by atoms with Crippen LogP contribution < -0.4 is 4.72 Å². The van der Waals surface area contributed by atoms with E-state index in [1.54, 1.807) is 48.2 Å². The molecule has 1 heterocycles. The smallest absolute Gasteiger partial charge is 0.262 e. The van der Waals surface area contributed by atoms with E-state index in [0.29, 0.717) is 29.9 Å². The fraction of sp³-hybridized carbons (Fsp3) is 0.381. The van der Waals surface area contributed by atoms with Crippen LogP contribution in [-0.2, 0) is 14.8 Å². The number of ether oxygens (including phenoxy) is 1. The van der Waals surface area contributed by atoms with Crippen molar-refractivity contribution in [2.45, 2.75) is 44.8 Å². The van der Waals surface area contributed by atoms with E-state index >= 15 is 0 Å². The number of nitrogens with zero attached hydrogens (tertiary/aromatic N) is 1. The topological polar surface area (TPSA) is 75.7 Å². The van der Waals surface area contributed by atoms with Gasteiger partial charge in [0.2, 0.25) is 0 Å². The quantitative estimate of drug-likeness (QED) is 0.851. The van der Waals surface area contributed by atoms with Gasteiger partial charge in [-0.2, -0.15) is 0 Å². The molecule has 7 heteroatoms. The van der Waals surface area contributed by atoms with Gasteiger partial charge in [0.15, 0.2) is 0 Å². The average molecular weight is 403 g/mol. The molecule has 1 amide bonds. The molecule has 0 aliphatic carbocycles. The van der Waals surface area contributed by atoms with Gasteiger partial charge in [-0.1, -0.05) is 12.1 Å². The number of aryl methyl sites for hydroxylation is 2. The fourth-order valence-electron chi connectivity index (χ4n) is 3.41. The summed E-state index contributed by atoms with van der Waals surface area (Å²) in [6.07, 6.45) is -0.00676. The largest absolute Gasteiger partial charge is 0.372 e. The van der Waals surface area contributed by atoms with Crippen molar-refractivity contribution in [2.24, 2.45) is 0 Å². The maximum absolute atomic E-state index is 12.7. The molecule has 0 aromatic heterocycles. The molecule has 0 unspecified atom stereocenters. The lowest BCUT2D eigenvalue weighted by molar-refractivity contribution is -0.0586. The number of hydrogen-bond donors (Lipinski definition) is 1. The van der Waals surface area contributed by atoms with Crippen LogP contribution in [0.3, 0.4) is 0 Å². The van der Waals surface area contributed by atoms with E-state index in [2.05, 4.69) is 4.72 Å². The summed E-state index contributed by atoms with van der Waals surface area (Å²) in [6.45, 7) is 8.60. The normalized spacial score (nSPS) is 20.1. The van der Waals surface area contributed by atoms with Crippen LogP contribution in [0.2, 0.25) is 0 Å². The van der Waals surface area contributed by atoms with Crippen LogP contribution in [-0.4, -0.2) is 44.5 Å². The maximum Gasteiger partial charge on any atom is 0.262 e. The van der Waals surface area contributed by atoms with Gasteiger partial charge < -0.3 is 9.64 Å². The van der Waals surface area contributed by atoms with Gasteiger partial charge in [-0.05, 0) is 69.2 Å². The Kier molecular flexibility index (Phi) is 5.76. The molecule has 0 spiro atoms. The first-order valence-corrected chi connectivity index (χ1v) is 10.8. The van der Waals surface area contributed by atoms with Crippen LogP contribution in [0, 0.1) is 13.8 Å². The molecular weight excluding hydrogens is 376 g/mol. The van der Waals surface area contributed by atoms with Crippen molar-refractivity contribution in [3.63, 3.8) is 0 Å². The molecule has 1 N–H and O–H groups in total. The summed E-state index contributed by atoms with van der Waals surface area (Å²) in [5.74, 6) is -0.0778. The highest BCUT2D eigenvalue weighted by Gasteiger charge is 2.26. The molecule has 3 rings (SSSR count). The van der Waals surface area contributed by atoms with E-state index in [1.165, 1.54) is 0 Å². The monoisotopic (exact) mass is 402 g/mol. The van der Waals surface area contributed by atoms with Crippen LogP contribution in [0.5, 0.6) is 0 Å². The Morgan fingerprint density at radius 2 is 1.64 bits per heavy atom. The van der Waals surface area contributed by atoms with Crippen LogP contribution >= 0.6 is 0 Å². The first kappa shape index (κ1) is 20.4. The van der Waals surface area contributed by atoms with Gasteiger partial charge in [0.05, 0.1) is 17.1 Å². The maximum atomic E-state index is 12.7. The van der Waals surface area contributed by atoms with Crippen molar-refractivity contribution < 1.29 is 17.9 Å². The molecule has 0 radical (unpaired) electrons. The van der Waals surface area contributed by atoms with E-state index < -0.39 is 10.0 Å². The van der Waals surface area contributed by atoms with Crippen molar-refractivity contribution in [1.29, 1.82) is 0 Å². The molecule has 2 aromatic rings. The Morgan fingerprint density at radius 1 is 1.04 bits per heavy atom. The second-order valence-corrected chi connectivity index (χ2v) is 9.07. The first-order valence-electron chi connectivity index (χ1n) is 9.30. The third kappa shape index (κ3) is 4.54. The molecule has 2 atom stereocenters. The summed E-state index contributed by atoms with van der Waals surface area (Å²) in [5.41, 5.74) is 2.50. The minimum Gasteiger partial charge on any atom is -0.372 e. The average Bonchev–Trinajstić information content (AvgIpc) is 2.62. The van der Waals surface area contributed by atoms with Gasteiger partial charge in [0.25, 0.3) is 15.9 Å². The zero-order chi connectivity index (χ0) is 20.5. The molecule has 1 fully saturated rings. The Balaban J connectivity index is 1.75. The summed E-state index contributed by atoms with van der Waals surface area (Å²) < 4.78 is 33.7. The molecule has 1 aliphatic rings. The number of rotatable bonds is 4. The number of amides is 1. The number of benzene rings is 2. The zero-order valence-corrected chi connectivity index (χ0v) is 17.4. The van der Waals surface area contributed by atoms with Crippen molar-refractivity contribution >= 4 is 21.6 Å². The number of sulfonamides is 1. The minimum absolute atomic E-state index is 0.00338. The van der Waals surface area contributed by atoms with Crippen LogP contribution in [0.15, 0.2) is 47.4 Å². The van der Waals surface area contributed by atoms with Crippen molar-refractivity contribution in [2.75, 3.05) is 17.8 Å².